The van der Waals surface area contributed by atoms with Crippen LogP contribution in [0.3, 0.4) is 0 Å². The molecule has 1 aliphatic carbocycles. The van der Waals surface area contributed by atoms with Crippen molar-refractivity contribution in [2.24, 2.45) is 0 Å². The highest BCUT2D eigenvalue weighted by Crippen LogP contribution is 2.36. The fourth-order valence-electron chi connectivity index (χ4n) is 1.50. The van der Waals surface area contributed by atoms with Gasteiger partial charge in [0.05, 0.1) is 11.6 Å². The van der Waals surface area contributed by atoms with Crippen molar-refractivity contribution >= 4 is 22.6 Å². The molecular weight excluding hydrogens is 186 g/mol. The fourth-order valence-corrected chi connectivity index (χ4v) is 1.67. The molecule has 1 aromatic heterocycles. The first-order valence-corrected chi connectivity index (χ1v) is 4.73. The van der Waals surface area contributed by atoms with E-state index in [0.29, 0.717) is 6.04 Å². The Morgan fingerprint density at radius 1 is 1.38 bits per heavy atom. The molecule has 0 unspecified atom stereocenters. The topological polar surface area (TPSA) is 30.7 Å². The van der Waals surface area contributed by atoms with Crippen LogP contribution in [0.5, 0.6) is 0 Å². The minimum atomic E-state index is 0.575. The van der Waals surface area contributed by atoms with Gasteiger partial charge in [0.15, 0.2) is 0 Å². The lowest BCUT2D eigenvalue weighted by Crippen LogP contribution is -1.95. The molecule has 13 heavy (non-hydrogen) atoms. The van der Waals surface area contributed by atoms with Gasteiger partial charge in [0.1, 0.15) is 5.52 Å². The number of hydrogen-bond donors (Lipinski definition) is 0. The third-order valence-corrected chi connectivity index (χ3v) is 2.56. The van der Waals surface area contributed by atoms with Gasteiger partial charge in [-0.1, -0.05) is 16.8 Å². The molecule has 2 aromatic rings. The van der Waals surface area contributed by atoms with E-state index >= 15 is 0 Å². The third kappa shape index (κ3) is 1.11. The highest BCUT2D eigenvalue weighted by Gasteiger charge is 2.26. The molecule has 0 bridgehead atoms. The maximum atomic E-state index is 5.85. The van der Waals surface area contributed by atoms with E-state index in [0.717, 1.165) is 16.1 Å². The molecule has 1 fully saturated rings. The van der Waals surface area contributed by atoms with Crippen molar-refractivity contribution < 1.29 is 0 Å². The van der Waals surface area contributed by atoms with Crippen molar-refractivity contribution in [3.05, 3.63) is 23.2 Å². The lowest BCUT2D eigenvalue weighted by molar-refractivity contribution is 0.630. The molecule has 0 radical (unpaired) electrons. The van der Waals surface area contributed by atoms with E-state index in [4.69, 9.17) is 11.6 Å². The van der Waals surface area contributed by atoms with Crippen molar-refractivity contribution in [2.75, 3.05) is 0 Å². The molecule has 1 heterocycles. The van der Waals surface area contributed by atoms with Crippen LogP contribution >= 0.6 is 11.6 Å². The van der Waals surface area contributed by atoms with Crippen LogP contribution in [0.25, 0.3) is 11.0 Å². The number of benzene rings is 1. The second-order valence-electron chi connectivity index (χ2n) is 3.40. The molecule has 1 aliphatic rings. The quantitative estimate of drug-likeness (QED) is 0.697. The second kappa shape index (κ2) is 2.45. The molecule has 1 aromatic carbocycles. The van der Waals surface area contributed by atoms with Gasteiger partial charge >= 0.3 is 0 Å². The fraction of sp³-hybridized carbons (Fsp3) is 0.333. The summed E-state index contributed by atoms with van der Waals surface area (Å²) in [6, 6.07) is 6.29. The maximum Gasteiger partial charge on any atom is 0.114 e. The lowest BCUT2D eigenvalue weighted by atomic mass is 10.3. The Labute approximate surface area is 80.3 Å². The number of fused-ring (bicyclic) bond motifs is 1. The molecule has 0 spiro atoms. The Bertz CT molecular complexity index is 459. The predicted molar refractivity (Wildman–Crippen MR) is 50.8 cm³/mol. The first kappa shape index (κ1) is 7.33. The molecule has 0 atom stereocenters. The first-order valence-electron chi connectivity index (χ1n) is 4.35. The molecule has 0 aliphatic heterocycles. The van der Waals surface area contributed by atoms with Crippen LogP contribution in [0.4, 0.5) is 0 Å². The molecular formula is C9H8ClN3. The van der Waals surface area contributed by atoms with E-state index in [1.165, 1.54) is 12.8 Å². The van der Waals surface area contributed by atoms with E-state index in [-0.39, 0.29) is 0 Å². The van der Waals surface area contributed by atoms with Gasteiger partial charge in [0.2, 0.25) is 0 Å². The summed E-state index contributed by atoms with van der Waals surface area (Å²) in [6.07, 6.45) is 2.45. The van der Waals surface area contributed by atoms with Gasteiger partial charge in [-0.3, -0.25) is 0 Å². The Balaban J connectivity index is 2.26. The highest BCUT2D eigenvalue weighted by atomic mass is 35.5. The third-order valence-electron chi connectivity index (χ3n) is 2.33. The monoisotopic (exact) mass is 193 g/mol. The lowest BCUT2D eigenvalue weighted by Gasteiger charge is -1.96. The highest BCUT2D eigenvalue weighted by molar-refractivity contribution is 6.31. The van der Waals surface area contributed by atoms with E-state index < -0.39 is 0 Å². The van der Waals surface area contributed by atoms with Crippen molar-refractivity contribution in [1.82, 2.24) is 15.0 Å². The van der Waals surface area contributed by atoms with E-state index in [1.807, 2.05) is 22.9 Å². The molecule has 66 valence electrons. The van der Waals surface area contributed by atoms with Crippen LogP contribution in [-0.2, 0) is 0 Å². The summed E-state index contributed by atoms with van der Waals surface area (Å²) < 4.78 is 1.99. The van der Waals surface area contributed by atoms with Gasteiger partial charge in [-0.2, -0.15) is 0 Å². The molecule has 0 amide bonds. The average Bonchev–Trinajstić information content (AvgIpc) is 2.87. The summed E-state index contributed by atoms with van der Waals surface area (Å²) >= 11 is 5.85. The van der Waals surface area contributed by atoms with Crippen molar-refractivity contribution in [3.8, 4) is 0 Å². The molecule has 4 heteroatoms. The van der Waals surface area contributed by atoms with Crippen molar-refractivity contribution in [3.63, 3.8) is 0 Å². The Morgan fingerprint density at radius 3 is 3.00 bits per heavy atom. The largest absolute Gasteiger partial charge is 0.242 e. The van der Waals surface area contributed by atoms with Gasteiger partial charge in [0.25, 0.3) is 0 Å². The van der Waals surface area contributed by atoms with Crippen LogP contribution in [-0.4, -0.2) is 15.0 Å². The van der Waals surface area contributed by atoms with Gasteiger partial charge in [-0.15, -0.1) is 5.10 Å². The maximum absolute atomic E-state index is 5.85. The molecule has 3 nitrogen and oxygen atoms in total. The van der Waals surface area contributed by atoms with Crippen LogP contribution < -0.4 is 0 Å². The van der Waals surface area contributed by atoms with Crippen molar-refractivity contribution in [2.45, 2.75) is 18.9 Å². The molecule has 3 rings (SSSR count). The Hall–Kier alpha value is -1.09. The summed E-state index contributed by atoms with van der Waals surface area (Å²) in [5, 5.41) is 8.89. The number of aromatic nitrogens is 3. The smallest absolute Gasteiger partial charge is 0.114 e. The van der Waals surface area contributed by atoms with Gasteiger partial charge < -0.3 is 0 Å². The van der Waals surface area contributed by atoms with Crippen LogP contribution in [0.2, 0.25) is 5.02 Å². The first-order chi connectivity index (χ1) is 6.34. The number of halogens is 1. The van der Waals surface area contributed by atoms with E-state index in [9.17, 15) is 0 Å². The minimum Gasteiger partial charge on any atom is -0.242 e. The molecule has 0 N–H and O–H groups in total. The van der Waals surface area contributed by atoms with Gasteiger partial charge in [0, 0.05) is 5.02 Å². The predicted octanol–water partition coefficient (Wildman–Crippen LogP) is 2.42. The summed E-state index contributed by atoms with van der Waals surface area (Å²) in [7, 11) is 0. The van der Waals surface area contributed by atoms with E-state index in [1.54, 1.807) is 0 Å². The zero-order valence-electron chi connectivity index (χ0n) is 6.94. The normalized spacial score (nSPS) is 16.7. The van der Waals surface area contributed by atoms with Crippen LogP contribution in [0.1, 0.15) is 18.9 Å². The Morgan fingerprint density at radius 2 is 2.23 bits per heavy atom. The summed E-state index contributed by atoms with van der Waals surface area (Å²) in [5.74, 6) is 0. The Kier molecular flexibility index (Phi) is 1.38. The molecule has 0 saturated heterocycles. The number of hydrogen-bond acceptors (Lipinski definition) is 2. The summed E-state index contributed by atoms with van der Waals surface area (Å²) in [5.41, 5.74) is 1.98. The van der Waals surface area contributed by atoms with Crippen LogP contribution in [0, 0.1) is 0 Å². The van der Waals surface area contributed by atoms with Crippen molar-refractivity contribution in [1.29, 1.82) is 0 Å². The van der Waals surface area contributed by atoms with Gasteiger partial charge in [-0.05, 0) is 31.0 Å². The summed E-state index contributed by atoms with van der Waals surface area (Å²) in [6.45, 7) is 0. The van der Waals surface area contributed by atoms with Gasteiger partial charge in [-0.25, -0.2) is 4.68 Å². The average molecular weight is 194 g/mol. The molecule has 1 saturated carbocycles. The number of nitrogens with zero attached hydrogens (tertiary/aromatic N) is 3. The standard InChI is InChI=1S/C9H8ClN3/c10-6-1-4-9-8(5-6)11-12-13(9)7-2-3-7/h1,4-5,7H,2-3H2. The summed E-state index contributed by atoms with van der Waals surface area (Å²) in [4.78, 5) is 0. The van der Waals surface area contributed by atoms with Crippen LogP contribution in [0.15, 0.2) is 18.2 Å². The van der Waals surface area contributed by atoms with E-state index in [2.05, 4.69) is 10.3 Å². The zero-order valence-corrected chi connectivity index (χ0v) is 7.70. The number of rotatable bonds is 1. The SMILES string of the molecule is Clc1ccc2c(c1)nnn2C1CC1. The minimum absolute atomic E-state index is 0.575. The zero-order chi connectivity index (χ0) is 8.84. The second-order valence-corrected chi connectivity index (χ2v) is 3.83.